The van der Waals surface area contributed by atoms with Gasteiger partial charge in [-0.25, -0.2) is 22.4 Å². The Morgan fingerprint density at radius 3 is 2.09 bits per heavy atom. The fourth-order valence-corrected chi connectivity index (χ4v) is 3.06. The first kappa shape index (κ1) is 15.8. The van der Waals surface area contributed by atoms with Crippen molar-refractivity contribution in [3.05, 3.63) is 46.5 Å². The van der Waals surface area contributed by atoms with E-state index in [0.717, 1.165) is 6.08 Å². The highest BCUT2D eigenvalue weighted by Gasteiger charge is 2.48. The van der Waals surface area contributed by atoms with Crippen molar-refractivity contribution in [2.45, 2.75) is 30.5 Å². The molecular weight excluding hydrogens is 333 g/mol. The van der Waals surface area contributed by atoms with Crippen LogP contribution in [0, 0.1) is 23.3 Å². The molecule has 0 N–H and O–H groups in total. The quantitative estimate of drug-likeness (QED) is 0.255. The fraction of sp³-hybridized carbons (Fsp3) is 0.357. The van der Waals surface area contributed by atoms with Gasteiger partial charge in [-0.3, -0.25) is 0 Å². The van der Waals surface area contributed by atoms with Crippen LogP contribution in [0.1, 0.15) is 29.4 Å². The predicted octanol–water partition coefficient (Wildman–Crippen LogP) is 3.86. The van der Waals surface area contributed by atoms with Crippen molar-refractivity contribution in [1.82, 2.24) is 0 Å². The summed E-state index contributed by atoms with van der Waals surface area (Å²) in [7, 11) is 0. The van der Waals surface area contributed by atoms with Gasteiger partial charge < -0.3 is 4.74 Å². The molecule has 0 spiro atoms. The molecule has 0 saturated carbocycles. The molecule has 2 aliphatic rings. The summed E-state index contributed by atoms with van der Waals surface area (Å²) in [5.74, 6) is -11.8. The summed E-state index contributed by atoms with van der Waals surface area (Å²) < 4.78 is 95.5. The SMILES string of the molecule is O=C(O[C@H]1C=C[C@@H]2C[C@H]1c1c(F)c(F)c(F)c(F)c12)C(F)(F)F. The van der Waals surface area contributed by atoms with Gasteiger partial charge in [-0.1, -0.05) is 6.08 Å². The highest BCUT2D eigenvalue weighted by Crippen LogP contribution is 2.51. The average molecular weight is 340 g/mol. The number of hydrogen-bond acceptors (Lipinski definition) is 2. The molecule has 23 heavy (non-hydrogen) atoms. The number of allylic oxidation sites excluding steroid dienone is 1. The van der Waals surface area contributed by atoms with Gasteiger partial charge in [0.15, 0.2) is 23.3 Å². The number of carbonyl (C=O) groups excluding carboxylic acids is 1. The molecule has 0 amide bonds. The molecule has 0 aliphatic heterocycles. The minimum absolute atomic E-state index is 0.113. The lowest BCUT2D eigenvalue weighted by molar-refractivity contribution is -0.203. The summed E-state index contributed by atoms with van der Waals surface area (Å²) in [6.07, 6.45) is -4.68. The first-order valence-electron chi connectivity index (χ1n) is 6.44. The van der Waals surface area contributed by atoms with Crippen molar-refractivity contribution in [3.63, 3.8) is 0 Å². The summed E-state index contributed by atoms with van der Waals surface area (Å²) in [5.41, 5.74) is -1.04. The lowest BCUT2D eigenvalue weighted by Crippen LogP contribution is -2.32. The van der Waals surface area contributed by atoms with Crippen LogP contribution in [0.15, 0.2) is 12.2 Å². The van der Waals surface area contributed by atoms with E-state index in [9.17, 15) is 35.5 Å². The highest BCUT2D eigenvalue weighted by molar-refractivity contribution is 5.76. The summed E-state index contributed by atoms with van der Waals surface area (Å²) in [6, 6.07) is 0. The minimum Gasteiger partial charge on any atom is -0.451 e. The molecule has 3 atom stereocenters. The Hall–Kier alpha value is -2.06. The number of alkyl halides is 3. The third-order valence-electron chi connectivity index (χ3n) is 3.99. The van der Waals surface area contributed by atoms with Crippen molar-refractivity contribution in [1.29, 1.82) is 0 Å². The van der Waals surface area contributed by atoms with E-state index in [-0.39, 0.29) is 6.42 Å². The molecule has 0 heterocycles. The van der Waals surface area contributed by atoms with Crippen LogP contribution in [0.4, 0.5) is 30.7 Å². The van der Waals surface area contributed by atoms with Crippen molar-refractivity contribution in [2.24, 2.45) is 0 Å². The maximum Gasteiger partial charge on any atom is 0.490 e. The van der Waals surface area contributed by atoms with Crippen LogP contribution in [-0.4, -0.2) is 18.2 Å². The van der Waals surface area contributed by atoms with Crippen LogP contribution in [-0.2, 0) is 9.53 Å². The lowest BCUT2D eigenvalue weighted by atomic mass is 9.90. The third kappa shape index (κ3) is 2.29. The smallest absolute Gasteiger partial charge is 0.451 e. The van der Waals surface area contributed by atoms with Crippen molar-refractivity contribution >= 4 is 5.97 Å². The molecule has 0 saturated heterocycles. The lowest BCUT2D eigenvalue weighted by Gasteiger charge is -2.25. The molecule has 1 aromatic carbocycles. The van der Waals surface area contributed by atoms with Gasteiger partial charge in [-0.2, -0.15) is 13.2 Å². The van der Waals surface area contributed by atoms with Gasteiger partial charge in [-0.05, 0) is 12.5 Å². The van der Waals surface area contributed by atoms with E-state index in [1.165, 1.54) is 6.08 Å². The van der Waals surface area contributed by atoms with E-state index in [1.54, 1.807) is 0 Å². The molecule has 2 aliphatic carbocycles. The summed E-state index contributed by atoms with van der Waals surface area (Å²) in [5, 5.41) is 0. The summed E-state index contributed by atoms with van der Waals surface area (Å²) in [6.45, 7) is 0. The van der Waals surface area contributed by atoms with E-state index in [1.807, 2.05) is 0 Å². The van der Waals surface area contributed by atoms with E-state index in [0.29, 0.717) is 0 Å². The van der Waals surface area contributed by atoms with Crippen LogP contribution >= 0.6 is 0 Å². The zero-order chi connectivity index (χ0) is 17.1. The van der Waals surface area contributed by atoms with Crippen LogP contribution in [0.25, 0.3) is 0 Å². The molecule has 0 radical (unpaired) electrons. The normalized spacial score (nSPS) is 25.4. The number of rotatable bonds is 1. The third-order valence-corrected chi connectivity index (χ3v) is 3.99. The van der Waals surface area contributed by atoms with Crippen molar-refractivity contribution in [2.75, 3.05) is 0 Å². The zero-order valence-corrected chi connectivity index (χ0v) is 11.1. The number of esters is 1. The second-order valence-corrected chi connectivity index (χ2v) is 5.28. The Morgan fingerprint density at radius 2 is 1.52 bits per heavy atom. The highest BCUT2D eigenvalue weighted by atomic mass is 19.4. The van der Waals surface area contributed by atoms with Gasteiger partial charge in [0.1, 0.15) is 6.10 Å². The van der Waals surface area contributed by atoms with E-state index in [4.69, 9.17) is 0 Å². The predicted molar refractivity (Wildman–Crippen MR) is 61.4 cm³/mol. The first-order valence-corrected chi connectivity index (χ1v) is 6.44. The van der Waals surface area contributed by atoms with Crippen molar-refractivity contribution in [3.8, 4) is 0 Å². The summed E-state index contributed by atoms with van der Waals surface area (Å²) >= 11 is 0. The number of ether oxygens (including phenoxy) is 1. The van der Waals surface area contributed by atoms with Crippen molar-refractivity contribution < 1.29 is 40.3 Å². The van der Waals surface area contributed by atoms with E-state index >= 15 is 0 Å². The van der Waals surface area contributed by atoms with Gasteiger partial charge in [0.2, 0.25) is 0 Å². The Balaban J connectivity index is 2.04. The van der Waals surface area contributed by atoms with E-state index in [2.05, 4.69) is 4.74 Å². The molecular formula is C14H7F7O2. The average Bonchev–Trinajstić information content (AvgIpc) is 2.79. The number of halogens is 7. The number of benzene rings is 1. The van der Waals surface area contributed by atoms with Gasteiger partial charge in [0, 0.05) is 23.0 Å². The monoisotopic (exact) mass is 340 g/mol. The fourth-order valence-electron chi connectivity index (χ4n) is 3.06. The van der Waals surface area contributed by atoms with Crippen LogP contribution < -0.4 is 0 Å². The van der Waals surface area contributed by atoms with Gasteiger partial charge >= 0.3 is 12.1 Å². The maximum atomic E-state index is 14.0. The number of hydrogen-bond donors (Lipinski definition) is 0. The molecule has 9 heteroatoms. The zero-order valence-electron chi connectivity index (χ0n) is 11.1. The van der Waals surface area contributed by atoms with Crippen LogP contribution in [0.2, 0.25) is 0 Å². The second-order valence-electron chi connectivity index (χ2n) is 5.28. The molecule has 0 fully saturated rings. The largest absolute Gasteiger partial charge is 0.490 e. The van der Waals surface area contributed by atoms with E-state index < -0.39 is 64.5 Å². The van der Waals surface area contributed by atoms with Crippen LogP contribution in [0.5, 0.6) is 0 Å². The first-order chi connectivity index (χ1) is 10.6. The number of fused-ring (bicyclic) bond motifs is 5. The molecule has 124 valence electrons. The second kappa shape index (κ2) is 4.97. The Labute approximate surface area is 124 Å². The Kier molecular flexibility index (Phi) is 3.42. The summed E-state index contributed by atoms with van der Waals surface area (Å²) in [4.78, 5) is 10.9. The molecule has 2 bridgehead atoms. The molecule has 1 aromatic rings. The molecule has 0 unspecified atom stereocenters. The molecule has 3 rings (SSSR count). The molecule has 0 aromatic heterocycles. The number of carbonyl (C=O) groups is 1. The van der Waals surface area contributed by atoms with Gasteiger partial charge in [0.25, 0.3) is 0 Å². The topological polar surface area (TPSA) is 26.3 Å². The van der Waals surface area contributed by atoms with Crippen LogP contribution in [0.3, 0.4) is 0 Å². The minimum atomic E-state index is -5.26. The van der Waals surface area contributed by atoms with Gasteiger partial charge in [0.05, 0.1) is 0 Å². The Bertz CT molecular complexity index is 723. The molecule has 2 nitrogen and oxygen atoms in total. The van der Waals surface area contributed by atoms with Gasteiger partial charge in [-0.15, -0.1) is 0 Å². The Morgan fingerprint density at radius 1 is 0.957 bits per heavy atom. The standard InChI is InChI=1S/C14H7F7O2/c15-9-7-4-1-2-6(23-13(22)14(19,20)21)5(3-4)8(7)10(16)12(18)11(9)17/h1-2,4-6H,3H2/t4-,5-,6+/m1/s1. The maximum absolute atomic E-state index is 14.0.